The van der Waals surface area contributed by atoms with E-state index in [1.54, 1.807) is 5.00 Å². The number of nitrogens with two attached hydrogens (primary N) is 1. The quantitative estimate of drug-likeness (QED) is 0.490. The van der Waals surface area contributed by atoms with Crippen LogP contribution in [0.25, 0.3) is 0 Å². The lowest BCUT2D eigenvalue weighted by molar-refractivity contribution is -0.149. The lowest BCUT2D eigenvalue weighted by atomic mass is 10.1. The van der Waals surface area contributed by atoms with Crippen molar-refractivity contribution in [1.82, 2.24) is 5.00 Å². The molecule has 0 aromatic carbocycles. The Labute approximate surface area is 71.1 Å². The molecule has 0 spiro atoms. The van der Waals surface area contributed by atoms with Gasteiger partial charge in [-0.2, -0.15) is 0 Å². The van der Waals surface area contributed by atoms with Gasteiger partial charge in [-0.3, -0.25) is 0 Å². The molecule has 0 aliphatic heterocycles. The number of rotatable bonds is 4. The van der Waals surface area contributed by atoms with Crippen molar-refractivity contribution >= 4 is 17.7 Å². The normalized spacial score (nSPS) is 13.2. The fraction of sp³-hybridized carbons (Fsp3) is 0.833. The first-order valence-corrected chi connectivity index (χ1v) is 3.77. The maximum absolute atomic E-state index is 10.8. The van der Waals surface area contributed by atoms with Gasteiger partial charge in [0.05, 0.1) is 0 Å². The van der Waals surface area contributed by atoms with E-state index in [1.807, 2.05) is 13.8 Å². The Kier molecular flexibility index (Phi) is 5.19. The Bertz CT molecular complexity index is 130. The van der Waals surface area contributed by atoms with Crippen LogP contribution >= 0.6 is 11.8 Å². The molecule has 0 rings (SSSR count). The van der Waals surface area contributed by atoms with E-state index in [-0.39, 0.29) is 0 Å². The van der Waals surface area contributed by atoms with Crippen LogP contribution in [0, 0.1) is 5.92 Å². The van der Waals surface area contributed by atoms with Crippen LogP contribution in [0.1, 0.15) is 20.3 Å². The minimum Gasteiger partial charge on any atom is -0.354 e. The maximum Gasteiger partial charge on any atom is 0.342 e. The van der Waals surface area contributed by atoms with Crippen molar-refractivity contribution in [3.05, 3.63) is 0 Å². The number of hydrogen-bond acceptors (Lipinski definition) is 4. The van der Waals surface area contributed by atoms with Crippen molar-refractivity contribution < 1.29 is 9.63 Å². The third-order valence-electron chi connectivity index (χ3n) is 1.17. The predicted molar refractivity (Wildman–Crippen MR) is 42.5 cm³/mol. The molecule has 0 aromatic rings. The molecule has 0 saturated carbocycles. The largest absolute Gasteiger partial charge is 0.354 e. The van der Waals surface area contributed by atoms with Crippen molar-refractivity contribution in [3.8, 4) is 0 Å². The summed E-state index contributed by atoms with van der Waals surface area (Å²) in [4.78, 5) is 16.8. The molecule has 0 heterocycles. The summed E-state index contributed by atoms with van der Waals surface area (Å²) in [5, 5.41) is 0. The van der Waals surface area contributed by atoms with Crippen molar-refractivity contribution in [1.29, 1.82) is 0 Å². The monoisotopic (exact) mass is 180 g/mol. The van der Waals surface area contributed by atoms with E-state index in [2.05, 4.69) is 4.84 Å². The van der Waals surface area contributed by atoms with E-state index in [4.69, 9.17) is 17.5 Å². The van der Waals surface area contributed by atoms with Gasteiger partial charge in [-0.15, -0.1) is 0 Å². The Morgan fingerprint density at radius 3 is 2.64 bits per heavy atom. The number of carbonyl (C=O) groups excluding carboxylic acids is 1. The molecule has 11 heavy (non-hydrogen) atoms. The van der Waals surface area contributed by atoms with Gasteiger partial charge in [-0.05, 0) is 12.3 Å². The lowest BCUT2D eigenvalue weighted by Crippen LogP contribution is -2.35. The summed E-state index contributed by atoms with van der Waals surface area (Å²) in [5.41, 5.74) is 5.43. The van der Waals surface area contributed by atoms with E-state index in [0.29, 0.717) is 12.3 Å². The van der Waals surface area contributed by atoms with Gasteiger partial charge in [-0.25, -0.2) is 4.79 Å². The van der Waals surface area contributed by atoms with Crippen molar-refractivity contribution in [2.75, 3.05) is 0 Å². The van der Waals surface area contributed by atoms with Crippen molar-refractivity contribution in [3.63, 3.8) is 0 Å². The molecule has 0 aliphatic carbocycles. The van der Waals surface area contributed by atoms with Gasteiger partial charge < -0.3 is 10.6 Å². The average molecular weight is 181 g/mol. The van der Waals surface area contributed by atoms with Gasteiger partial charge in [-0.1, -0.05) is 18.8 Å². The Morgan fingerprint density at radius 1 is 1.73 bits per heavy atom. The molecule has 0 unspecified atom stereocenters. The van der Waals surface area contributed by atoms with Crippen LogP contribution < -0.4 is 10.7 Å². The van der Waals surface area contributed by atoms with Gasteiger partial charge in [0.2, 0.25) is 0 Å². The molecule has 0 bridgehead atoms. The molecule has 0 aliphatic rings. The summed E-state index contributed by atoms with van der Waals surface area (Å²) in [7, 11) is 0. The molecule has 0 radical (unpaired) electrons. The molecule has 1 atom stereocenters. The van der Waals surface area contributed by atoms with Gasteiger partial charge in [0.25, 0.3) is 0 Å². The van der Waals surface area contributed by atoms with Crippen LogP contribution in [-0.2, 0) is 9.63 Å². The second-order valence-electron chi connectivity index (χ2n) is 2.73. The predicted octanol–water partition coefficient (Wildman–Crippen LogP) is 0.561. The summed E-state index contributed by atoms with van der Waals surface area (Å²) in [6.07, 6.45) is 0.595. The van der Waals surface area contributed by atoms with E-state index in [0.717, 1.165) is 0 Å². The Morgan fingerprint density at radius 2 is 2.27 bits per heavy atom. The molecule has 0 aromatic heterocycles. The first kappa shape index (κ1) is 10.7. The van der Waals surface area contributed by atoms with E-state index < -0.39 is 12.0 Å². The van der Waals surface area contributed by atoms with Crippen molar-refractivity contribution in [2.45, 2.75) is 26.3 Å². The van der Waals surface area contributed by atoms with E-state index >= 15 is 0 Å². The fourth-order valence-corrected chi connectivity index (χ4v) is 0.794. The number of nitrogens with one attached hydrogen (secondary N) is 1. The summed E-state index contributed by atoms with van der Waals surface area (Å²) in [5.74, 6) is -0.165. The van der Waals surface area contributed by atoms with Crippen LogP contribution in [0.15, 0.2) is 0 Å². The molecule has 5 heteroatoms. The van der Waals surface area contributed by atoms with Crippen LogP contribution in [-0.4, -0.2) is 12.0 Å². The van der Waals surface area contributed by atoms with Gasteiger partial charge >= 0.3 is 5.97 Å². The minimum atomic E-state index is -0.596. The lowest BCUT2D eigenvalue weighted by Gasteiger charge is -2.10. The fourth-order valence-electron chi connectivity index (χ4n) is 0.718. The molecule has 4 nitrogen and oxygen atoms in total. The first-order chi connectivity index (χ1) is 5.07. The summed E-state index contributed by atoms with van der Waals surface area (Å²) in [6.45, 7) is 3.95. The highest BCUT2D eigenvalue weighted by molar-refractivity contribution is 6.13. The highest BCUT2D eigenvalue weighted by Crippen LogP contribution is 2.03. The van der Waals surface area contributed by atoms with E-state index in [1.165, 1.54) is 0 Å². The van der Waals surface area contributed by atoms with Crippen LogP contribution in [0.3, 0.4) is 0 Å². The average Bonchev–Trinajstić information content (AvgIpc) is 1.86. The zero-order chi connectivity index (χ0) is 8.85. The summed E-state index contributed by atoms with van der Waals surface area (Å²) < 4.78 is 0. The standard InChI is InChI=1S/C6H13ClN2O2/c1-4(2)3-5(8)6(10)11-9-7/h4-5,9H,3,8H2,1-2H3/t5-/m0/s1. The molecule has 0 fully saturated rings. The Balaban J connectivity index is 3.64. The van der Waals surface area contributed by atoms with E-state index in [9.17, 15) is 4.79 Å². The smallest absolute Gasteiger partial charge is 0.342 e. The minimum absolute atomic E-state index is 0.368. The molecular weight excluding hydrogens is 168 g/mol. The van der Waals surface area contributed by atoms with Gasteiger partial charge in [0.15, 0.2) is 0 Å². The maximum atomic E-state index is 10.8. The second-order valence-corrected chi connectivity index (χ2v) is 2.89. The zero-order valence-corrected chi connectivity index (χ0v) is 7.39. The molecule has 3 N–H and O–H groups in total. The first-order valence-electron chi connectivity index (χ1n) is 3.39. The number of hydrogen-bond donors (Lipinski definition) is 2. The van der Waals surface area contributed by atoms with Crippen molar-refractivity contribution in [2.24, 2.45) is 11.7 Å². The highest BCUT2D eigenvalue weighted by Gasteiger charge is 2.16. The molecule has 0 saturated heterocycles. The third kappa shape index (κ3) is 5.01. The summed E-state index contributed by atoms with van der Waals surface area (Å²) in [6, 6.07) is -0.596. The molecular formula is C6H13ClN2O2. The third-order valence-corrected chi connectivity index (χ3v) is 1.24. The highest BCUT2D eigenvalue weighted by atomic mass is 35.5. The van der Waals surface area contributed by atoms with Crippen LogP contribution in [0.2, 0.25) is 0 Å². The topological polar surface area (TPSA) is 64.4 Å². The zero-order valence-electron chi connectivity index (χ0n) is 6.63. The van der Waals surface area contributed by atoms with Crippen LogP contribution in [0.4, 0.5) is 0 Å². The Hall–Kier alpha value is -0.320. The van der Waals surface area contributed by atoms with Gasteiger partial charge in [0, 0.05) is 11.8 Å². The van der Waals surface area contributed by atoms with Crippen LogP contribution in [0.5, 0.6) is 0 Å². The number of halogens is 1. The summed E-state index contributed by atoms with van der Waals surface area (Å²) >= 11 is 4.93. The SMILES string of the molecule is CC(C)C[C@H](N)C(=O)ONCl. The second kappa shape index (κ2) is 5.35. The molecule has 0 amide bonds. The molecule has 66 valence electrons. The van der Waals surface area contributed by atoms with Gasteiger partial charge in [0.1, 0.15) is 6.04 Å². The number of carbonyl (C=O) groups is 1.